The Hall–Kier alpha value is -2.58. The molecule has 1 aromatic carbocycles. The van der Waals surface area contributed by atoms with Crippen molar-refractivity contribution in [1.29, 1.82) is 5.26 Å². The zero-order chi connectivity index (χ0) is 14.5. The predicted octanol–water partition coefficient (Wildman–Crippen LogP) is 1.92. The number of nitrogens with one attached hydrogen (secondary N) is 1. The van der Waals surface area contributed by atoms with E-state index in [2.05, 4.69) is 5.32 Å². The van der Waals surface area contributed by atoms with Crippen LogP contribution in [0.25, 0.3) is 0 Å². The lowest BCUT2D eigenvalue weighted by molar-refractivity contribution is 0.0900. The van der Waals surface area contributed by atoms with Gasteiger partial charge in [0.2, 0.25) is 0 Å². The molecule has 0 aliphatic heterocycles. The first-order chi connectivity index (χ1) is 9.60. The molecule has 0 fully saturated rings. The van der Waals surface area contributed by atoms with E-state index in [1.165, 1.54) is 0 Å². The van der Waals surface area contributed by atoms with Gasteiger partial charge in [-0.15, -0.1) is 0 Å². The van der Waals surface area contributed by atoms with Gasteiger partial charge < -0.3 is 14.8 Å². The third kappa shape index (κ3) is 3.25. The maximum atomic E-state index is 11.8. The van der Waals surface area contributed by atoms with E-state index in [1.807, 2.05) is 6.07 Å². The maximum Gasteiger partial charge on any atom is 0.251 e. The molecule has 2 rings (SSSR count). The van der Waals surface area contributed by atoms with Crippen LogP contribution in [0.15, 0.2) is 40.8 Å². The monoisotopic (exact) mass is 270 g/mol. The standard InChI is InChI=1S/C15H14N2O3/c1-10-2-7-14(20-10)13(18)9-17-15(19)12-5-3-11(8-16)4-6-12/h2-7,13,18H,9H2,1H3,(H,17,19). The first-order valence-electron chi connectivity index (χ1n) is 6.13. The number of amides is 1. The van der Waals surface area contributed by atoms with Crippen LogP contribution in [0, 0.1) is 18.3 Å². The van der Waals surface area contributed by atoms with Gasteiger partial charge in [0.1, 0.15) is 17.6 Å². The number of aliphatic hydroxyl groups excluding tert-OH is 1. The fraction of sp³-hybridized carbons (Fsp3) is 0.200. The van der Waals surface area contributed by atoms with Crippen LogP contribution in [0.2, 0.25) is 0 Å². The van der Waals surface area contributed by atoms with E-state index in [0.29, 0.717) is 22.6 Å². The molecule has 5 heteroatoms. The van der Waals surface area contributed by atoms with Crippen molar-refractivity contribution in [2.45, 2.75) is 13.0 Å². The number of carbonyl (C=O) groups is 1. The Bertz CT molecular complexity index is 638. The van der Waals surface area contributed by atoms with Crippen LogP contribution >= 0.6 is 0 Å². The highest BCUT2D eigenvalue weighted by Crippen LogP contribution is 2.15. The summed E-state index contributed by atoms with van der Waals surface area (Å²) in [5.74, 6) is 0.817. The van der Waals surface area contributed by atoms with Crippen LogP contribution in [0.5, 0.6) is 0 Å². The highest BCUT2D eigenvalue weighted by molar-refractivity contribution is 5.94. The molecular formula is C15H14N2O3. The van der Waals surface area contributed by atoms with Crippen molar-refractivity contribution in [1.82, 2.24) is 5.32 Å². The highest BCUT2D eigenvalue weighted by Gasteiger charge is 2.13. The number of aliphatic hydroxyl groups is 1. The SMILES string of the molecule is Cc1ccc(C(O)CNC(=O)c2ccc(C#N)cc2)o1. The molecule has 102 valence electrons. The number of hydrogen-bond donors (Lipinski definition) is 2. The number of nitriles is 1. The predicted molar refractivity (Wildman–Crippen MR) is 71.9 cm³/mol. The average molecular weight is 270 g/mol. The van der Waals surface area contributed by atoms with Gasteiger partial charge in [0.15, 0.2) is 0 Å². The second kappa shape index (κ2) is 6.04. The van der Waals surface area contributed by atoms with Gasteiger partial charge in [-0.3, -0.25) is 4.79 Å². The Kier molecular flexibility index (Phi) is 4.18. The number of aryl methyl sites for hydroxylation is 1. The molecule has 2 aromatic rings. The van der Waals surface area contributed by atoms with Crippen molar-refractivity contribution >= 4 is 5.91 Å². The molecule has 20 heavy (non-hydrogen) atoms. The van der Waals surface area contributed by atoms with Crippen molar-refractivity contribution in [2.75, 3.05) is 6.54 Å². The summed E-state index contributed by atoms with van der Waals surface area (Å²) in [6, 6.07) is 11.7. The molecule has 1 unspecified atom stereocenters. The van der Waals surface area contributed by atoms with Crippen LogP contribution in [-0.2, 0) is 0 Å². The first-order valence-corrected chi connectivity index (χ1v) is 6.13. The smallest absolute Gasteiger partial charge is 0.251 e. The Labute approximate surface area is 116 Å². The Morgan fingerprint density at radius 2 is 2.05 bits per heavy atom. The molecule has 0 saturated heterocycles. The van der Waals surface area contributed by atoms with E-state index in [-0.39, 0.29) is 12.5 Å². The lowest BCUT2D eigenvalue weighted by Crippen LogP contribution is -2.28. The minimum Gasteiger partial charge on any atom is -0.464 e. The van der Waals surface area contributed by atoms with Gasteiger partial charge in [-0.05, 0) is 43.3 Å². The number of carbonyl (C=O) groups excluding carboxylic acids is 1. The van der Waals surface area contributed by atoms with E-state index < -0.39 is 6.10 Å². The second-order valence-corrected chi connectivity index (χ2v) is 4.36. The molecule has 1 atom stereocenters. The number of hydrogen-bond acceptors (Lipinski definition) is 4. The lowest BCUT2D eigenvalue weighted by Gasteiger charge is -2.09. The molecule has 1 aromatic heterocycles. The first kappa shape index (κ1) is 13.8. The van der Waals surface area contributed by atoms with Crippen LogP contribution < -0.4 is 5.32 Å². The third-order valence-corrected chi connectivity index (χ3v) is 2.82. The molecule has 1 heterocycles. The molecule has 0 aliphatic carbocycles. The molecule has 5 nitrogen and oxygen atoms in total. The number of nitrogens with zero attached hydrogens (tertiary/aromatic N) is 1. The summed E-state index contributed by atoms with van der Waals surface area (Å²) in [5, 5.41) is 21.1. The summed E-state index contributed by atoms with van der Waals surface area (Å²) >= 11 is 0. The topological polar surface area (TPSA) is 86.3 Å². The van der Waals surface area contributed by atoms with Gasteiger partial charge >= 0.3 is 0 Å². The van der Waals surface area contributed by atoms with Gasteiger partial charge in [-0.2, -0.15) is 5.26 Å². The second-order valence-electron chi connectivity index (χ2n) is 4.36. The van der Waals surface area contributed by atoms with Crippen LogP contribution in [0.4, 0.5) is 0 Å². The number of rotatable bonds is 4. The fourth-order valence-electron chi connectivity index (χ4n) is 1.72. The van der Waals surface area contributed by atoms with Gasteiger partial charge in [0.05, 0.1) is 18.2 Å². The van der Waals surface area contributed by atoms with E-state index in [4.69, 9.17) is 9.68 Å². The third-order valence-electron chi connectivity index (χ3n) is 2.82. The zero-order valence-corrected chi connectivity index (χ0v) is 11.0. The average Bonchev–Trinajstić information content (AvgIpc) is 2.91. The van der Waals surface area contributed by atoms with Crippen molar-refractivity contribution in [3.63, 3.8) is 0 Å². The minimum atomic E-state index is -0.883. The summed E-state index contributed by atoms with van der Waals surface area (Å²) < 4.78 is 5.28. The van der Waals surface area contributed by atoms with Crippen LogP contribution in [0.1, 0.15) is 33.5 Å². The zero-order valence-electron chi connectivity index (χ0n) is 11.0. The fourth-order valence-corrected chi connectivity index (χ4v) is 1.72. The van der Waals surface area contributed by atoms with Crippen molar-refractivity contribution in [3.05, 3.63) is 59.0 Å². The molecule has 0 spiro atoms. The van der Waals surface area contributed by atoms with Gasteiger partial charge in [0.25, 0.3) is 5.91 Å². The summed E-state index contributed by atoms with van der Waals surface area (Å²) in [5.41, 5.74) is 0.930. The summed E-state index contributed by atoms with van der Waals surface area (Å²) in [6.07, 6.45) is -0.883. The summed E-state index contributed by atoms with van der Waals surface area (Å²) in [6.45, 7) is 1.84. The maximum absolute atomic E-state index is 11.8. The molecule has 0 radical (unpaired) electrons. The van der Waals surface area contributed by atoms with Gasteiger partial charge in [-0.1, -0.05) is 0 Å². The van der Waals surface area contributed by atoms with E-state index >= 15 is 0 Å². The Balaban J connectivity index is 1.93. The summed E-state index contributed by atoms with van der Waals surface area (Å²) in [7, 11) is 0. The molecule has 2 N–H and O–H groups in total. The number of furan rings is 1. The Morgan fingerprint density at radius 1 is 1.35 bits per heavy atom. The van der Waals surface area contributed by atoms with Crippen LogP contribution in [-0.4, -0.2) is 17.6 Å². The normalized spacial score (nSPS) is 11.7. The molecule has 0 bridgehead atoms. The summed E-state index contributed by atoms with van der Waals surface area (Å²) in [4.78, 5) is 11.8. The molecule has 0 saturated carbocycles. The van der Waals surface area contributed by atoms with Crippen molar-refractivity contribution in [3.8, 4) is 6.07 Å². The van der Waals surface area contributed by atoms with Crippen molar-refractivity contribution < 1.29 is 14.3 Å². The molecular weight excluding hydrogens is 256 g/mol. The molecule has 0 aliphatic rings. The van der Waals surface area contributed by atoms with E-state index in [0.717, 1.165) is 0 Å². The lowest BCUT2D eigenvalue weighted by atomic mass is 10.1. The molecule has 1 amide bonds. The highest BCUT2D eigenvalue weighted by atomic mass is 16.4. The Morgan fingerprint density at radius 3 is 2.60 bits per heavy atom. The quantitative estimate of drug-likeness (QED) is 0.888. The van der Waals surface area contributed by atoms with Crippen LogP contribution in [0.3, 0.4) is 0 Å². The van der Waals surface area contributed by atoms with Crippen molar-refractivity contribution in [2.24, 2.45) is 0 Å². The van der Waals surface area contributed by atoms with Gasteiger partial charge in [0, 0.05) is 5.56 Å². The number of benzene rings is 1. The van der Waals surface area contributed by atoms with E-state index in [9.17, 15) is 9.90 Å². The minimum absolute atomic E-state index is 0.0613. The largest absolute Gasteiger partial charge is 0.464 e. The van der Waals surface area contributed by atoms with Gasteiger partial charge in [-0.25, -0.2) is 0 Å². The van der Waals surface area contributed by atoms with E-state index in [1.54, 1.807) is 43.3 Å².